The highest BCUT2D eigenvalue weighted by molar-refractivity contribution is 7.21. The van der Waals surface area contributed by atoms with E-state index in [4.69, 9.17) is 4.74 Å². The molecule has 0 spiro atoms. The second-order valence-electron chi connectivity index (χ2n) is 11.5. The van der Waals surface area contributed by atoms with E-state index in [9.17, 15) is 19.6 Å². The van der Waals surface area contributed by atoms with Gasteiger partial charge in [-0.1, -0.05) is 30.3 Å². The molecule has 1 atom stereocenters. The average Bonchev–Trinajstić information content (AvgIpc) is 3.80. The van der Waals surface area contributed by atoms with Crippen molar-refractivity contribution in [1.29, 1.82) is 5.26 Å². The Morgan fingerprint density at radius 2 is 1.93 bits per heavy atom. The van der Waals surface area contributed by atoms with Crippen LogP contribution in [0, 0.1) is 24.2 Å². The van der Waals surface area contributed by atoms with Crippen molar-refractivity contribution < 1.29 is 19.1 Å². The van der Waals surface area contributed by atoms with Crippen LogP contribution in [0.15, 0.2) is 72.4 Å². The second-order valence-corrected chi connectivity index (χ2v) is 12.5. The number of benzene rings is 2. The van der Waals surface area contributed by atoms with Crippen LogP contribution in [0.5, 0.6) is 11.5 Å². The summed E-state index contributed by atoms with van der Waals surface area (Å²) in [7, 11) is 0. The summed E-state index contributed by atoms with van der Waals surface area (Å²) >= 11 is 1.22. The second kappa shape index (κ2) is 11.7. The minimum atomic E-state index is -0.400. The number of hydrogen-bond donors (Lipinski definition) is 2. The number of nitrogens with one attached hydrogen (secondary N) is 2. The predicted octanol–water partition coefficient (Wildman–Crippen LogP) is 6.66. The lowest BCUT2D eigenvalue weighted by Gasteiger charge is -2.33. The van der Waals surface area contributed by atoms with Crippen LogP contribution < -0.4 is 20.3 Å². The van der Waals surface area contributed by atoms with Gasteiger partial charge in [-0.05, 0) is 68.9 Å². The molecule has 3 aliphatic rings. The maximum absolute atomic E-state index is 13.7. The Bertz CT molecular complexity index is 1910. The first-order valence-electron chi connectivity index (χ1n) is 15.0. The lowest BCUT2D eigenvalue weighted by Crippen LogP contribution is -2.50. The maximum Gasteiger partial charge on any atom is 0.331 e. The fourth-order valence-electron chi connectivity index (χ4n) is 5.91. The molecule has 4 aromatic rings. The lowest BCUT2D eigenvalue weighted by molar-refractivity contribution is -0.128. The van der Waals surface area contributed by atoms with Crippen LogP contribution in [0.2, 0.25) is 0 Å². The minimum Gasteiger partial charge on any atom is -0.457 e. The number of carbonyl (C=O) groups is 3. The normalized spacial score (nSPS) is 17.9. The van der Waals surface area contributed by atoms with Gasteiger partial charge in [0.1, 0.15) is 32.8 Å². The van der Waals surface area contributed by atoms with Crippen LogP contribution in [0.25, 0.3) is 10.2 Å². The van der Waals surface area contributed by atoms with Gasteiger partial charge < -0.3 is 20.3 Å². The van der Waals surface area contributed by atoms with Gasteiger partial charge in [0.15, 0.2) is 0 Å². The number of rotatable bonds is 7. The summed E-state index contributed by atoms with van der Waals surface area (Å²) in [5.74, 6) is 1.01. The number of thiophene rings is 1. The summed E-state index contributed by atoms with van der Waals surface area (Å²) in [5.41, 5.74) is 2.65. The summed E-state index contributed by atoms with van der Waals surface area (Å²) in [6.45, 7) is 2.76. The van der Waals surface area contributed by atoms with Gasteiger partial charge in [0, 0.05) is 30.9 Å². The Hall–Kier alpha value is -5.21. The zero-order chi connectivity index (χ0) is 31.1. The molecule has 0 unspecified atom stereocenters. The largest absolute Gasteiger partial charge is 0.457 e. The zero-order valence-corrected chi connectivity index (χ0v) is 25.4. The molecule has 2 N–H and O–H groups in total. The highest BCUT2D eigenvalue weighted by Gasteiger charge is 2.35. The van der Waals surface area contributed by atoms with Crippen molar-refractivity contribution in [3.8, 4) is 17.6 Å². The van der Waals surface area contributed by atoms with Crippen LogP contribution in [-0.4, -0.2) is 46.9 Å². The van der Waals surface area contributed by atoms with Gasteiger partial charge in [-0.25, -0.2) is 9.78 Å². The number of urea groups is 1. The van der Waals surface area contributed by atoms with E-state index in [1.807, 2.05) is 55.5 Å². The molecule has 45 heavy (non-hydrogen) atoms. The number of pyridine rings is 1. The topological polar surface area (TPSA) is 128 Å². The number of piperidine rings is 1. The molecular weight excluding hydrogens is 588 g/mol. The number of allylic oxidation sites excluding steroid dienone is 1. The van der Waals surface area contributed by atoms with Gasteiger partial charge in [0.2, 0.25) is 0 Å². The molecule has 1 saturated carbocycles. The van der Waals surface area contributed by atoms with Gasteiger partial charge in [-0.2, -0.15) is 5.26 Å². The minimum absolute atomic E-state index is 0.177. The molecular formula is C34H30N6O4S. The highest BCUT2D eigenvalue weighted by Crippen LogP contribution is 2.47. The van der Waals surface area contributed by atoms with Crippen molar-refractivity contribution in [3.05, 3.63) is 82.9 Å². The van der Waals surface area contributed by atoms with Crippen molar-refractivity contribution in [2.75, 3.05) is 23.3 Å². The van der Waals surface area contributed by atoms with Gasteiger partial charge in [0.25, 0.3) is 11.8 Å². The van der Waals surface area contributed by atoms with E-state index in [-0.39, 0.29) is 23.4 Å². The van der Waals surface area contributed by atoms with Crippen molar-refractivity contribution >= 4 is 56.5 Å². The first-order valence-corrected chi connectivity index (χ1v) is 15.8. The van der Waals surface area contributed by atoms with Crippen LogP contribution in [-0.2, 0) is 4.79 Å². The third-order valence-electron chi connectivity index (χ3n) is 8.34. The summed E-state index contributed by atoms with van der Waals surface area (Å²) in [6.07, 6.45) is 6.84. The summed E-state index contributed by atoms with van der Waals surface area (Å²) < 4.78 is 6.12. The number of amides is 4. The number of nitriles is 1. The maximum atomic E-state index is 13.7. The first kappa shape index (κ1) is 28.6. The number of ether oxygens (including phenoxy) is 1. The monoisotopic (exact) mass is 618 g/mol. The number of likely N-dealkylation sites (tertiary alicyclic amines) is 1. The number of aromatic nitrogens is 1. The number of anilines is 3. The van der Waals surface area contributed by atoms with Crippen molar-refractivity contribution in [1.82, 2.24) is 15.2 Å². The number of carbonyl (C=O) groups excluding carboxylic acids is 3. The standard InChI is InChI=1S/C34H30N6O4S/c1-20-25(10-5-11-27(20)44-24-8-3-2-4-9-24)40-26-14-15-36-32-28(26)29(38-34(40)43)30(45-32)31(41)37-23-7-6-16-39(19-23)33(42)22(18-35)17-21-12-13-21/h2-5,8-11,14-15,17,21,23H,6-7,12-13,16,19H2,1H3,(H,37,41)(H,38,43)/b22-17+/t23-/m0/s1. The van der Waals surface area contributed by atoms with E-state index in [0.29, 0.717) is 75.5 Å². The van der Waals surface area contributed by atoms with Crippen molar-refractivity contribution in [2.45, 2.75) is 38.6 Å². The predicted molar refractivity (Wildman–Crippen MR) is 172 cm³/mol. The molecule has 0 radical (unpaired) electrons. The summed E-state index contributed by atoms with van der Waals surface area (Å²) in [6, 6.07) is 18.2. The quantitative estimate of drug-likeness (QED) is 0.176. The Morgan fingerprint density at radius 1 is 1.11 bits per heavy atom. The van der Waals surface area contributed by atoms with Crippen LogP contribution in [0.1, 0.15) is 40.9 Å². The number of para-hydroxylation sites is 1. The van der Waals surface area contributed by atoms with Crippen LogP contribution in [0.4, 0.5) is 21.9 Å². The SMILES string of the molecule is Cc1c(Oc2ccccc2)cccc1N1C(=O)Nc2c(C(=O)N[C@H]3CCCN(C(=O)/C(C#N)=C/C4CC4)C3)sc3nccc1c23. The molecule has 2 fully saturated rings. The third-order valence-corrected chi connectivity index (χ3v) is 9.44. The molecule has 7 rings (SSSR count). The number of hydrogen-bond acceptors (Lipinski definition) is 7. The molecule has 1 aliphatic carbocycles. The molecule has 0 bridgehead atoms. The Labute approximate surface area is 263 Å². The summed E-state index contributed by atoms with van der Waals surface area (Å²) in [4.78, 5) is 49.2. The molecule has 2 aliphatic heterocycles. The summed E-state index contributed by atoms with van der Waals surface area (Å²) in [5, 5.41) is 16.3. The van der Waals surface area contributed by atoms with E-state index >= 15 is 0 Å². The molecule has 4 amide bonds. The highest BCUT2D eigenvalue weighted by atomic mass is 32.1. The fraction of sp³-hybridized carbons (Fsp3) is 0.265. The van der Waals surface area contributed by atoms with E-state index in [1.54, 1.807) is 28.1 Å². The van der Waals surface area contributed by atoms with Crippen molar-refractivity contribution in [2.24, 2.45) is 5.92 Å². The lowest BCUT2D eigenvalue weighted by atomic mass is 10.0. The fourth-order valence-corrected chi connectivity index (χ4v) is 6.93. The number of nitrogens with zero attached hydrogens (tertiary/aromatic N) is 4. The molecule has 2 aromatic carbocycles. The van der Waals surface area contributed by atoms with Crippen molar-refractivity contribution in [3.63, 3.8) is 0 Å². The molecule has 1 saturated heterocycles. The molecule has 226 valence electrons. The van der Waals surface area contributed by atoms with Gasteiger partial charge in [-0.3, -0.25) is 14.5 Å². The molecule has 11 heteroatoms. The van der Waals surface area contributed by atoms with Gasteiger partial charge in [-0.15, -0.1) is 11.3 Å². The average molecular weight is 619 g/mol. The van der Waals surface area contributed by atoms with Crippen LogP contribution >= 0.6 is 11.3 Å². The van der Waals surface area contributed by atoms with Gasteiger partial charge in [0.05, 0.1) is 22.4 Å². The van der Waals surface area contributed by atoms with E-state index in [1.165, 1.54) is 11.3 Å². The van der Waals surface area contributed by atoms with E-state index < -0.39 is 6.03 Å². The van der Waals surface area contributed by atoms with E-state index in [0.717, 1.165) is 18.4 Å². The molecule has 10 nitrogen and oxygen atoms in total. The third kappa shape index (κ3) is 5.49. The van der Waals surface area contributed by atoms with E-state index in [2.05, 4.69) is 21.7 Å². The first-order chi connectivity index (χ1) is 21.9. The molecule has 2 aromatic heterocycles. The molecule has 4 heterocycles. The smallest absolute Gasteiger partial charge is 0.331 e. The zero-order valence-electron chi connectivity index (χ0n) is 24.6. The Kier molecular flexibility index (Phi) is 7.43. The van der Waals surface area contributed by atoms with Gasteiger partial charge >= 0.3 is 6.03 Å². The Balaban J connectivity index is 1.15. The Morgan fingerprint density at radius 3 is 2.71 bits per heavy atom. The van der Waals surface area contributed by atoms with Crippen LogP contribution in [0.3, 0.4) is 0 Å².